The van der Waals surface area contributed by atoms with Gasteiger partial charge in [-0.2, -0.15) is 0 Å². The molecular weight excluding hydrogens is 296 g/mol. The van der Waals surface area contributed by atoms with Gasteiger partial charge in [-0.3, -0.25) is 4.79 Å². The smallest absolute Gasteiger partial charge is 0.276 e. The number of rotatable bonds is 3. The molecule has 0 fully saturated rings. The van der Waals surface area contributed by atoms with Gasteiger partial charge < -0.3 is 16.0 Å². The van der Waals surface area contributed by atoms with E-state index in [1.165, 1.54) is 6.33 Å². The van der Waals surface area contributed by atoms with Gasteiger partial charge in [0.15, 0.2) is 5.82 Å². The van der Waals surface area contributed by atoms with Crippen LogP contribution in [-0.4, -0.2) is 9.97 Å². The molecule has 94 valence electrons. The van der Waals surface area contributed by atoms with Crippen molar-refractivity contribution >= 4 is 27.4 Å². The lowest BCUT2D eigenvalue weighted by Gasteiger charge is -2.15. The number of H-pyrrole nitrogens is 1. The summed E-state index contributed by atoms with van der Waals surface area (Å²) in [6, 6.07) is 7.90. The minimum absolute atomic E-state index is 0.000833. The molecule has 0 aliphatic carbocycles. The molecule has 0 saturated heterocycles. The van der Waals surface area contributed by atoms with E-state index in [2.05, 4.69) is 31.2 Å². The number of hydrogen-bond donors (Lipinski definition) is 3. The molecule has 1 unspecified atom stereocenters. The van der Waals surface area contributed by atoms with Gasteiger partial charge in [-0.25, -0.2) is 4.98 Å². The van der Waals surface area contributed by atoms with Gasteiger partial charge in [0.25, 0.3) is 5.56 Å². The van der Waals surface area contributed by atoms with Crippen LogP contribution < -0.4 is 16.6 Å². The predicted molar refractivity (Wildman–Crippen MR) is 75.4 cm³/mol. The monoisotopic (exact) mass is 308 g/mol. The van der Waals surface area contributed by atoms with Crippen LogP contribution in [0.3, 0.4) is 0 Å². The van der Waals surface area contributed by atoms with E-state index in [-0.39, 0.29) is 17.3 Å². The first-order chi connectivity index (χ1) is 8.58. The molecule has 18 heavy (non-hydrogen) atoms. The maximum absolute atomic E-state index is 11.3. The fraction of sp³-hybridized carbons (Fsp3) is 0.167. The molecule has 0 amide bonds. The van der Waals surface area contributed by atoms with Crippen LogP contribution in [0.4, 0.5) is 11.5 Å². The summed E-state index contributed by atoms with van der Waals surface area (Å²) in [6.07, 6.45) is 1.33. The second-order valence-electron chi connectivity index (χ2n) is 3.91. The Balaban J connectivity index is 2.24. The van der Waals surface area contributed by atoms with Crippen LogP contribution in [0, 0.1) is 0 Å². The molecule has 0 aliphatic rings. The van der Waals surface area contributed by atoms with E-state index in [9.17, 15) is 4.79 Å². The average molecular weight is 309 g/mol. The third kappa shape index (κ3) is 2.70. The summed E-state index contributed by atoms with van der Waals surface area (Å²) < 4.78 is 1.00. The second-order valence-corrected chi connectivity index (χ2v) is 4.83. The normalized spacial score (nSPS) is 12.1. The first kappa shape index (κ1) is 12.6. The lowest BCUT2D eigenvalue weighted by atomic mass is 10.1. The van der Waals surface area contributed by atoms with Gasteiger partial charge in [0.05, 0.1) is 12.4 Å². The van der Waals surface area contributed by atoms with Gasteiger partial charge in [-0.1, -0.05) is 28.1 Å². The average Bonchev–Trinajstić information content (AvgIpc) is 2.35. The molecule has 2 rings (SSSR count). The van der Waals surface area contributed by atoms with Gasteiger partial charge in [0.2, 0.25) is 0 Å². The summed E-state index contributed by atoms with van der Waals surface area (Å²) in [5.41, 5.74) is 6.49. The van der Waals surface area contributed by atoms with E-state index >= 15 is 0 Å². The van der Waals surface area contributed by atoms with Crippen LogP contribution in [0.25, 0.3) is 0 Å². The van der Waals surface area contributed by atoms with E-state index < -0.39 is 0 Å². The van der Waals surface area contributed by atoms with E-state index in [0.717, 1.165) is 10.0 Å². The summed E-state index contributed by atoms with van der Waals surface area (Å²) >= 11 is 3.42. The zero-order chi connectivity index (χ0) is 13.1. The standard InChI is InChI=1S/C12H13BrN4O/c1-7(8-3-2-4-9(13)5-8)17-11-10(14)12(18)16-6-15-11/h2-7H,14H2,1H3,(H2,15,16,17,18). The molecule has 0 saturated carbocycles. The van der Waals surface area contributed by atoms with Crippen molar-refractivity contribution < 1.29 is 0 Å². The number of benzene rings is 1. The lowest BCUT2D eigenvalue weighted by Crippen LogP contribution is -2.17. The first-order valence-electron chi connectivity index (χ1n) is 5.43. The van der Waals surface area contributed by atoms with Crippen LogP contribution >= 0.6 is 15.9 Å². The zero-order valence-corrected chi connectivity index (χ0v) is 11.4. The molecule has 0 aliphatic heterocycles. The van der Waals surface area contributed by atoms with Crippen molar-refractivity contribution in [3.8, 4) is 0 Å². The Kier molecular flexibility index (Phi) is 3.66. The Bertz CT molecular complexity index is 611. The summed E-state index contributed by atoms with van der Waals surface area (Å²) in [6.45, 7) is 1.98. The number of halogens is 1. The Morgan fingerprint density at radius 3 is 3.00 bits per heavy atom. The molecule has 1 heterocycles. The van der Waals surface area contributed by atoms with Crippen molar-refractivity contribution in [3.05, 3.63) is 51.0 Å². The number of anilines is 2. The predicted octanol–water partition coefficient (Wildman–Crippen LogP) is 2.29. The number of nitrogens with two attached hydrogens (primary N) is 1. The Morgan fingerprint density at radius 1 is 1.50 bits per heavy atom. The van der Waals surface area contributed by atoms with Crippen molar-refractivity contribution in [2.75, 3.05) is 11.1 Å². The first-order valence-corrected chi connectivity index (χ1v) is 6.22. The molecule has 1 aromatic heterocycles. The largest absolute Gasteiger partial charge is 0.391 e. The molecule has 1 atom stereocenters. The van der Waals surface area contributed by atoms with Crippen LogP contribution in [0.2, 0.25) is 0 Å². The summed E-state index contributed by atoms with van der Waals surface area (Å²) in [4.78, 5) is 17.8. The highest BCUT2D eigenvalue weighted by Gasteiger charge is 2.10. The van der Waals surface area contributed by atoms with Crippen molar-refractivity contribution in [2.45, 2.75) is 13.0 Å². The molecule has 6 heteroatoms. The maximum Gasteiger partial charge on any atom is 0.276 e. The number of aromatic amines is 1. The number of aromatic nitrogens is 2. The SMILES string of the molecule is CC(Nc1nc[nH]c(=O)c1N)c1cccc(Br)c1. The van der Waals surface area contributed by atoms with E-state index in [1.54, 1.807) is 0 Å². The number of hydrogen-bond acceptors (Lipinski definition) is 4. The Morgan fingerprint density at radius 2 is 2.28 bits per heavy atom. The van der Waals surface area contributed by atoms with Crippen LogP contribution in [0.1, 0.15) is 18.5 Å². The molecule has 0 bridgehead atoms. The van der Waals surface area contributed by atoms with Crippen LogP contribution in [-0.2, 0) is 0 Å². The van der Waals surface area contributed by atoms with Crippen LogP contribution in [0.5, 0.6) is 0 Å². The third-order valence-electron chi connectivity index (χ3n) is 2.59. The van der Waals surface area contributed by atoms with Gasteiger partial charge in [0, 0.05) is 4.47 Å². The van der Waals surface area contributed by atoms with Crippen molar-refractivity contribution in [2.24, 2.45) is 0 Å². The fourth-order valence-electron chi connectivity index (χ4n) is 1.59. The minimum atomic E-state index is -0.339. The molecule has 4 N–H and O–H groups in total. The molecule has 1 aromatic carbocycles. The van der Waals surface area contributed by atoms with Gasteiger partial charge in [-0.05, 0) is 24.6 Å². The zero-order valence-electron chi connectivity index (χ0n) is 9.77. The van der Waals surface area contributed by atoms with Crippen molar-refractivity contribution in [1.82, 2.24) is 9.97 Å². The third-order valence-corrected chi connectivity index (χ3v) is 3.08. The molecular formula is C12H13BrN4O. The van der Waals surface area contributed by atoms with Crippen LogP contribution in [0.15, 0.2) is 39.9 Å². The summed E-state index contributed by atoms with van der Waals surface area (Å²) in [5.74, 6) is 0.395. The van der Waals surface area contributed by atoms with E-state index in [1.807, 2.05) is 31.2 Å². The number of nitrogen functional groups attached to an aromatic ring is 1. The Hall–Kier alpha value is -1.82. The maximum atomic E-state index is 11.3. The van der Waals surface area contributed by atoms with Gasteiger partial charge >= 0.3 is 0 Å². The number of nitrogens with one attached hydrogen (secondary N) is 2. The molecule has 0 spiro atoms. The Labute approximate surface area is 113 Å². The second kappa shape index (κ2) is 5.22. The molecule has 0 radical (unpaired) electrons. The van der Waals surface area contributed by atoms with E-state index in [0.29, 0.717) is 5.82 Å². The quantitative estimate of drug-likeness (QED) is 0.812. The molecule has 5 nitrogen and oxygen atoms in total. The minimum Gasteiger partial charge on any atom is -0.391 e. The highest BCUT2D eigenvalue weighted by molar-refractivity contribution is 9.10. The fourth-order valence-corrected chi connectivity index (χ4v) is 2.01. The molecule has 2 aromatic rings. The van der Waals surface area contributed by atoms with Crippen molar-refractivity contribution in [1.29, 1.82) is 0 Å². The number of nitrogens with zero attached hydrogens (tertiary/aromatic N) is 1. The lowest BCUT2D eigenvalue weighted by molar-refractivity contribution is 0.870. The summed E-state index contributed by atoms with van der Waals surface area (Å²) in [5, 5.41) is 3.12. The van der Waals surface area contributed by atoms with Crippen molar-refractivity contribution in [3.63, 3.8) is 0 Å². The summed E-state index contributed by atoms with van der Waals surface area (Å²) in [7, 11) is 0. The van der Waals surface area contributed by atoms with Gasteiger partial charge in [0.1, 0.15) is 5.69 Å². The van der Waals surface area contributed by atoms with E-state index in [4.69, 9.17) is 5.73 Å². The highest BCUT2D eigenvalue weighted by atomic mass is 79.9. The topological polar surface area (TPSA) is 83.8 Å². The van der Waals surface area contributed by atoms with Gasteiger partial charge in [-0.15, -0.1) is 0 Å². The highest BCUT2D eigenvalue weighted by Crippen LogP contribution is 2.22.